The van der Waals surface area contributed by atoms with Gasteiger partial charge in [0.25, 0.3) is 0 Å². The van der Waals surface area contributed by atoms with Gasteiger partial charge < -0.3 is 34.2 Å². The fourth-order valence-corrected chi connectivity index (χ4v) is 9.45. The van der Waals surface area contributed by atoms with Crippen molar-refractivity contribution in [2.24, 2.45) is 0 Å². The summed E-state index contributed by atoms with van der Waals surface area (Å²) in [5.74, 6) is 1.07. The third-order valence-corrected chi connectivity index (χ3v) is 26.0. The zero-order chi connectivity index (χ0) is 40.9. The first-order valence-electron chi connectivity index (χ1n) is 19.5. The summed E-state index contributed by atoms with van der Waals surface area (Å²) >= 11 is 0. The Morgan fingerprint density at radius 3 is 1.93 bits per heavy atom. The third kappa shape index (κ3) is 9.21. The van der Waals surface area contributed by atoms with Crippen LogP contribution in [0.25, 0.3) is 22.3 Å². The zero-order valence-corrected chi connectivity index (χ0v) is 38.9. The number of imidazole rings is 1. The quantitative estimate of drug-likeness (QED) is 0.119. The minimum atomic E-state index is -2.41. The molecule has 2 aromatic heterocycles. The van der Waals surface area contributed by atoms with Crippen LogP contribution < -0.4 is 11.1 Å². The predicted molar refractivity (Wildman–Crippen MR) is 232 cm³/mol. The lowest BCUT2D eigenvalue weighted by Gasteiger charge is -2.44. The van der Waals surface area contributed by atoms with E-state index in [4.69, 9.17) is 33.7 Å². The number of nitrogens with two attached hydrogens (primary N) is 1. The van der Waals surface area contributed by atoms with Crippen LogP contribution in [0.5, 0.6) is 5.75 Å². The number of nitrogens with zero attached hydrogens (tertiary/aromatic N) is 4. The van der Waals surface area contributed by atoms with E-state index in [9.17, 15) is 5.11 Å². The molecule has 55 heavy (non-hydrogen) atoms. The number of nitrogen functional groups attached to an aromatic ring is 1. The molecule has 5 rings (SSSR count). The first-order valence-corrected chi connectivity index (χ1v) is 28.2. The number of aromatic nitrogens is 4. The highest BCUT2D eigenvalue weighted by Crippen LogP contribution is 2.48. The number of hydrogen-bond acceptors (Lipinski definition) is 10. The number of fused-ring (bicyclic) bond motifs is 1. The topological polar surface area (TPSA) is 139 Å². The number of benzene rings is 2. The largest absolute Gasteiger partial charge is 0.508 e. The molecule has 0 radical (unpaired) electrons. The van der Waals surface area contributed by atoms with E-state index in [1.54, 1.807) is 12.1 Å². The molecule has 0 saturated carbocycles. The average molecular weight is 807 g/mol. The van der Waals surface area contributed by atoms with Crippen molar-refractivity contribution in [1.29, 1.82) is 0 Å². The van der Waals surface area contributed by atoms with Crippen LogP contribution in [0.4, 0.5) is 11.8 Å². The highest BCUT2D eigenvalue weighted by atomic mass is 28.4. The molecule has 3 heterocycles. The average Bonchev–Trinajstić information content (AvgIpc) is 3.59. The summed E-state index contributed by atoms with van der Waals surface area (Å²) in [5, 5.41) is 13.5. The molecule has 1 aliphatic rings. The summed E-state index contributed by atoms with van der Waals surface area (Å²) in [4.78, 5) is 14.0. The number of phenols is 1. The summed E-state index contributed by atoms with van der Waals surface area (Å²) in [6, 6.07) is 15.5. The second-order valence-corrected chi connectivity index (χ2v) is 34.0. The third-order valence-electron chi connectivity index (χ3n) is 12.5. The standard InChI is InChI=1S/C41H66N6O5Si3/c1-39(2,3)53(10,11)49-25-31-33(51-54(12,13)40(4,5)6)34(52-55(14,15)41(7,8)9)37(50-31)47-36-32(35(42)44-26-45-36)46-38(47)43-24-27-19-21-28(22-20-27)29-17-16-18-30(48)23-29/h16-23,26,31,33-34,37,48H,24-25H2,1-15H3,(H,43,46)(H2,42,44,45)/t31-,33-,34-,37-/m1/s1. The van der Waals surface area contributed by atoms with Gasteiger partial charge in [-0.3, -0.25) is 4.57 Å². The lowest BCUT2D eigenvalue weighted by Crippen LogP contribution is -2.54. The molecule has 1 fully saturated rings. The Morgan fingerprint density at radius 1 is 0.782 bits per heavy atom. The van der Waals surface area contributed by atoms with Gasteiger partial charge in [-0.25, -0.2) is 15.0 Å². The Labute approximate surface area is 332 Å². The van der Waals surface area contributed by atoms with Crippen molar-refractivity contribution in [2.45, 2.75) is 148 Å². The molecule has 4 aromatic rings. The number of nitrogens with one attached hydrogen (secondary N) is 1. The summed E-state index contributed by atoms with van der Waals surface area (Å²) in [7, 11) is -6.93. The van der Waals surface area contributed by atoms with Crippen molar-refractivity contribution in [2.75, 3.05) is 17.7 Å². The van der Waals surface area contributed by atoms with E-state index in [1.807, 2.05) is 16.7 Å². The molecule has 4 atom stereocenters. The smallest absolute Gasteiger partial charge is 0.207 e. The fourth-order valence-electron chi connectivity index (χ4n) is 5.83. The minimum absolute atomic E-state index is 0.0188. The molecule has 0 bridgehead atoms. The Bertz CT molecular complexity index is 1950. The fraction of sp³-hybridized carbons (Fsp3) is 0.585. The molecule has 4 N–H and O–H groups in total. The molecule has 0 aliphatic carbocycles. The summed E-state index contributed by atoms with van der Waals surface area (Å²) in [5.41, 5.74) is 10.5. The summed E-state index contributed by atoms with van der Waals surface area (Å²) in [6.45, 7) is 34.8. The van der Waals surface area contributed by atoms with Crippen LogP contribution in [-0.2, 0) is 24.6 Å². The molecular formula is C41H66N6O5Si3. The Balaban J connectivity index is 1.60. The van der Waals surface area contributed by atoms with Crippen LogP contribution in [0.1, 0.15) is 74.1 Å². The number of rotatable bonds is 12. The van der Waals surface area contributed by atoms with Gasteiger partial charge in [0.1, 0.15) is 30.4 Å². The monoisotopic (exact) mass is 806 g/mol. The van der Waals surface area contributed by atoms with Gasteiger partial charge >= 0.3 is 0 Å². The molecule has 0 unspecified atom stereocenters. The van der Waals surface area contributed by atoms with Crippen molar-refractivity contribution >= 4 is 47.9 Å². The van der Waals surface area contributed by atoms with Crippen LogP contribution in [-0.4, -0.2) is 74.5 Å². The van der Waals surface area contributed by atoms with Gasteiger partial charge in [0, 0.05) is 6.54 Å². The normalized spacial score (nSPS) is 20.3. The predicted octanol–water partition coefficient (Wildman–Crippen LogP) is 10.1. The number of ether oxygens (including phenoxy) is 1. The van der Waals surface area contributed by atoms with Crippen molar-refractivity contribution in [1.82, 2.24) is 19.5 Å². The van der Waals surface area contributed by atoms with Gasteiger partial charge in [0.15, 0.2) is 48.2 Å². The maximum Gasteiger partial charge on any atom is 0.207 e. The molecule has 0 spiro atoms. The van der Waals surface area contributed by atoms with E-state index in [1.165, 1.54) is 6.33 Å². The molecule has 302 valence electrons. The van der Waals surface area contributed by atoms with Gasteiger partial charge in [0.2, 0.25) is 5.95 Å². The number of phenolic OH excluding ortho intramolecular Hbond substituents is 1. The Kier molecular flexibility index (Phi) is 12.0. The van der Waals surface area contributed by atoms with E-state index in [0.717, 1.165) is 16.7 Å². The van der Waals surface area contributed by atoms with Crippen molar-refractivity contribution in [3.63, 3.8) is 0 Å². The maximum absolute atomic E-state index is 10.0. The van der Waals surface area contributed by atoms with Crippen LogP contribution in [0.15, 0.2) is 54.9 Å². The maximum atomic E-state index is 10.0. The van der Waals surface area contributed by atoms with Gasteiger partial charge in [-0.05, 0) is 83.2 Å². The van der Waals surface area contributed by atoms with Crippen molar-refractivity contribution in [3.8, 4) is 16.9 Å². The highest BCUT2D eigenvalue weighted by molar-refractivity contribution is 6.75. The van der Waals surface area contributed by atoms with Crippen molar-refractivity contribution < 1.29 is 23.1 Å². The van der Waals surface area contributed by atoms with Crippen LogP contribution in [0.3, 0.4) is 0 Å². The molecule has 0 amide bonds. The molecule has 2 aromatic carbocycles. The van der Waals surface area contributed by atoms with E-state index in [-0.39, 0.29) is 26.7 Å². The first-order chi connectivity index (χ1) is 25.2. The minimum Gasteiger partial charge on any atom is -0.508 e. The summed E-state index contributed by atoms with van der Waals surface area (Å²) < 4.78 is 31.0. The SMILES string of the molecule is CC(C)(C)[Si](C)(C)OC[C@H]1O[C@@H](n2c(NCc3ccc(-c4cccc(O)c4)cc3)nc3c(N)ncnc32)[C@H](O[Si](C)(C)C(C)(C)C)[C@@H]1O[Si](C)(C)C(C)(C)C. The number of hydrogen-bond donors (Lipinski definition) is 3. The second kappa shape index (κ2) is 15.3. The Morgan fingerprint density at radius 2 is 1.36 bits per heavy atom. The zero-order valence-electron chi connectivity index (χ0n) is 35.9. The second-order valence-electron chi connectivity index (χ2n) is 19.7. The van der Waals surface area contributed by atoms with Crippen LogP contribution >= 0.6 is 0 Å². The highest BCUT2D eigenvalue weighted by Gasteiger charge is 2.55. The molecule has 11 nitrogen and oxygen atoms in total. The van der Waals surface area contributed by atoms with E-state index < -0.39 is 49.5 Å². The lowest BCUT2D eigenvalue weighted by atomic mass is 10.0. The van der Waals surface area contributed by atoms with E-state index in [2.05, 4.69) is 136 Å². The van der Waals surface area contributed by atoms with Gasteiger partial charge in [-0.2, -0.15) is 0 Å². The first kappa shape index (κ1) is 43.0. The molecule has 1 aliphatic heterocycles. The van der Waals surface area contributed by atoms with E-state index >= 15 is 0 Å². The van der Waals surface area contributed by atoms with Gasteiger partial charge in [-0.1, -0.05) is 98.7 Å². The number of anilines is 2. The Hall–Kier alpha value is -3.12. The number of aromatic hydroxyl groups is 1. The molecule has 14 heteroatoms. The van der Waals surface area contributed by atoms with Gasteiger partial charge in [0.05, 0.1) is 6.61 Å². The van der Waals surface area contributed by atoms with E-state index in [0.29, 0.717) is 30.3 Å². The summed E-state index contributed by atoms with van der Waals surface area (Å²) in [6.07, 6.45) is -0.526. The van der Waals surface area contributed by atoms with Crippen LogP contribution in [0, 0.1) is 0 Å². The van der Waals surface area contributed by atoms with Crippen LogP contribution in [0.2, 0.25) is 54.4 Å². The molecule has 1 saturated heterocycles. The van der Waals surface area contributed by atoms with Gasteiger partial charge in [-0.15, -0.1) is 0 Å². The lowest BCUT2D eigenvalue weighted by molar-refractivity contribution is -0.0461. The molecular weight excluding hydrogens is 741 g/mol. The van der Waals surface area contributed by atoms with Crippen molar-refractivity contribution in [3.05, 3.63) is 60.4 Å².